The van der Waals surface area contributed by atoms with Gasteiger partial charge in [-0.05, 0) is 43.4 Å². The van der Waals surface area contributed by atoms with E-state index in [2.05, 4.69) is 20.2 Å². The molecule has 1 unspecified atom stereocenters. The number of rotatable bonds is 6. The van der Waals surface area contributed by atoms with Gasteiger partial charge in [0.05, 0.1) is 24.0 Å². The van der Waals surface area contributed by atoms with Crippen LogP contribution in [-0.4, -0.2) is 45.7 Å². The fourth-order valence-electron chi connectivity index (χ4n) is 3.73. The van der Waals surface area contributed by atoms with Gasteiger partial charge in [0.1, 0.15) is 11.5 Å². The molecule has 1 aliphatic heterocycles. The zero-order chi connectivity index (χ0) is 21.8. The minimum atomic E-state index is -0.270. The molecule has 0 aliphatic carbocycles. The molecular weight excluding hydrogens is 412 g/mol. The van der Waals surface area contributed by atoms with Crippen molar-refractivity contribution in [1.29, 1.82) is 0 Å². The minimum absolute atomic E-state index is 0.154. The Balaban J connectivity index is 1.50. The van der Waals surface area contributed by atoms with E-state index in [1.165, 1.54) is 11.8 Å². The lowest BCUT2D eigenvalue weighted by molar-refractivity contribution is -0.122. The molecular formula is C22H24N6O2S. The van der Waals surface area contributed by atoms with E-state index in [1.54, 1.807) is 12.4 Å². The van der Waals surface area contributed by atoms with Crippen LogP contribution in [0.3, 0.4) is 0 Å². The smallest absolute Gasteiger partial charge is 0.274 e. The van der Waals surface area contributed by atoms with Gasteiger partial charge in [0, 0.05) is 18.8 Å². The van der Waals surface area contributed by atoms with Crippen molar-refractivity contribution in [2.45, 2.75) is 18.0 Å². The van der Waals surface area contributed by atoms with Crippen LogP contribution in [0.4, 0.5) is 11.5 Å². The molecule has 1 saturated heterocycles. The highest BCUT2D eigenvalue weighted by Crippen LogP contribution is 2.24. The van der Waals surface area contributed by atoms with Crippen molar-refractivity contribution < 1.29 is 9.59 Å². The van der Waals surface area contributed by atoms with Gasteiger partial charge in [-0.15, -0.1) is 0 Å². The number of hydrogen-bond donors (Lipinski definition) is 2. The van der Waals surface area contributed by atoms with Crippen molar-refractivity contribution in [1.82, 2.24) is 14.5 Å². The van der Waals surface area contributed by atoms with Crippen LogP contribution in [0, 0.1) is 5.92 Å². The van der Waals surface area contributed by atoms with Gasteiger partial charge in [-0.1, -0.05) is 30.0 Å². The van der Waals surface area contributed by atoms with E-state index in [1.807, 2.05) is 53.3 Å². The molecule has 4 rings (SSSR count). The van der Waals surface area contributed by atoms with Gasteiger partial charge in [0.25, 0.3) is 5.91 Å². The van der Waals surface area contributed by atoms with E-state index in [4.69, 9.17) is 5.73 Å². The maximum absolute atomic E-state index is 13.0. The molecule has 3 aromatic rings. The Labute approximate surface area is 184 Å². The van der Waals surface area contributed by atoms with Crippen LogP contribution in [0.15, 0.2) is 60.0 Å². The molecule has 2 aromatic heterocycles. The summed E-state index contributed by atoms with van der Waals surface area (Å²) in [7, 11) is 0. The number of pyridine rings is 1. The van der Waals surface area contributed by atoms with E-state index in [-0.39, 0.29) is 17.7 Å². The van der Waals surface area contributed by atoms with E-state index >= 15 is 0 Å². The van der Waals surface area contributed by atoms with Crippen LogP contribution < -0.4 is 16.0 Å². The molecule has 8 nitrogen and oxygen atoms in total. The van der Waals surface area contributed by atoms with Crippen LogP contribution in [-0.2, 0) is 4.79 Å². The van der Waals surface area contributed by atoms with Crippen LogP contribution in [0.2, 0.25) is 0 Å². The lowest BCUT2D eigenvalue weighted by Crippen LogP contribution is -2.41. The Bertz CT molecular complexity index is 1070. The zero-order valence-corrected chi connectivity index (χ0v) is 18.0. The van der Waals surface area contributed by atoms with Gasteiger partial charge < -0.3 is 16.0 Å². The van der Waals surface area contributed by atoms with Crippen LogP contribution in [0.25, 0.3) is 5.69 Å². The van der Waals surface area contributed by atoms with Crippen molar-refractivity contribution in [2.24, 2.45) is 11.7 Å². The lowest BCUT2D eigenvalue weighted by atomic mass is 9.97. The molecule has 31 heavy (non-hydrogen) atoms. The van der Waals surface area contributed by atoms with Gasteiger partial charge in [-0.3, -0.25) is 14.2 Å². The second-order valence-corrected chi connectivity index (χ2v) is 8.12. The predicted octanol–water partition coefficient (Wildman–Crippen LogP) is 2.94. The summed E-state index contributed by atoms with van der Waals surface area (Å²) < 4.78 is 1.83. The largest absolute Gasteiger partial charge is 0.369 e. The number of benzene rings is 1. The van der Waals surface area contributed by atoms with Crippen molar-refractivity contribution in [3.05, 3.63) is 60.6 Å². The van der Waals surface area contributed by atoms with Crippen molar-refractivity contribution in [2.75, 3.05) is 29.6 Å². The van der Waals surface area contributed by atoms with Gasteiger partial charge in [-0.25, -0.2) is 9.97 Å². The molecule has 1 fully saturated rings. The number of nitrogens with two attached hydrogens (primary N) is 1. The number of para-hydroxylation sites is 1. The van der Waals surface area contributed by atoms with Gasteiger partial charge in [0.2, 0.25) is 5.91 Å². The number of thioether (sulfide) groups is 1. The highest BCUT2D eigenvalue weighted by atomic mass is 32.2. The Morgan fingerprint density at radius 1 is 1.13 bits per heavy atom. The molecule has 0 saturated carbocycles. The Kier molecular flexibility index (Phi) is 6.22. The summed E-state index contributed by atoms with van der Waals surface area (Å²) in [5.41, 5.74) is 7.37. The highest BCUT2D eigenvalue weighted by Gasteiger charge is 2.25. The summed E-state index contributed by atoms with van der Waals surface area (Å²) in [6.07, 6.45) is 6.84. The number of nitrogens with zero attached hydrogens (tertiary/aromatic N) is 4. The number of primary amides is 1. The van der Waals surface area contributed by atoms with Crippen molar-refractivity contribution in [3.63, 3.8) is 0 Å². The third-order valence-corrected chi connectivity index (χ3v) is 5.97. The first-order valence-electron chi connectivity index (χ1n) is 10.1. The average molecular weight is 437 g/mol. The lowest BCUT2D eigenvalue weighted by Gasteiger charge is -2.32. The van der Waals surface area contributed by atoms with Gasteiger partial charge in [0.15, 0.2) is 5.16 Å². The fraction of sp³-hybridized carbons (Fsp3) is 0.273. The maximum Gasteiger partial charge on any atom is 0.274 e. The zero-order valence-electron chi connectivity index (χ0n) is 17.2. The number of nitrogens with one attached hydrogen (secondary N) is 1. The second-order valence-electron chi connectivity index (χ2n) is 7.35. The number of imidazole rings is 1. The molecule has 3 N–H and O–H groups in total. The summed E-state index contributed by atoms with van der Waals surface area (Å²) in [5.74, 6) is 0.0768. The molecule has 1 aromatic carbocycles. The standard InChI is InChI=1S/C22H24N6O2S/c1-31-22-25-13-18(28(22)17-7-3-2-4-8-17)21(30)26-16-9-10-19(24-12-16)27-11-5-6-15(14-27)20(23)29/h2-4,7-10,12-13,15H,5-6,11,14H2,1H3,(H2,23,29)(H,26,30). The third-order valence-electron chi connectivity index (χ3n) is 5.31. The summed E-state index contributed by atoms with van der Waals surface area (Å²) in [5, 5.41) is 3.63. The summed E-state index contributed by atoms with van der Waals surface area (Å²) >= 11 is 1.48. The first-order valence-corrected chi connectivity index (χ1v) is 11.3. The number of amides is 2. The highest BCUT2D eigenvalue weighted by molar-refractivity contribution is 7.98. The Morgan fingerprint density at radius 3 is 2.61 bits per heavy atom. The normalized spacial score (nSPS) is 16.2. The SMILES string of the molecule is CSc1ncc(C(=O)Nc2ccc(N3CCCC(C(N)=O)C3)nc2)n1-c1ccccc1. The van der Waals surface area contributed by atoms with Crippen LogP contribution in [0.1, 0.15) is 23.3 Å². The average Bonchev–Trinajstić information content (AvgIpc) is 3.24. The number of carbonyl (C=O) groups excluding carboxylic acids is 2. The molecule has 0 radical (unpaired) electrons. The topological polar surface area (TPSA) is 106 Å². The first kappa shape index (κ1) is 20.9. The van der Waals surface area contributed by atoms with Crippen LogP contribution >= 0.6 is 11.8 Å². The Morgan fingerprint density at radius 2 is 1.94 bits per heavy atom. The summed E-state index contributed by atoms with van der Waals surface area (Å²) in [6.45, 7) is 1.40. The number of piperidine rings is 1. The van der Waals surface area contributed by atoms with Crippen molar-refractivity contribution in [3.8, 4) is 5.69 Å². The van der Waals surface area contributed by atoms with E-state index in [0.29, 0.717) is 17.9 Å². The van der Waals surface area contributed by atoms with Crippen molar-refractivity contribution >= 4 is 35.1 Å². The summed E-state index contributed by atoms with van der Waals surface area (Å²) in [4.78, 5) is 35.4. The number of carbonyl (C=O) groups is 2. The minimum Gasteiger partial charge on any atom is -0.369 e. The monoisotopic (exact) mass is 436 g/mol. The fourth-order valence-corrected chi connectivity index (χ4v) is 4.27. The number of aromatic nitrogens is 3. The first-order chi connectivity index (χ1) is 15.1. The van der Waals surface area contributed by atoms with Gasteiger partial charge in [-0.2, -0.15) is 0 Å². The molecule has 0 bridgehead atoms. The molecule has 2 amide bonds. The van der Waals surface area contributed by atoms with Crippen LogP contribution in [0.5, 0.6) is 0 Å². The molecule has 9 heteroatoms. The number of anilines is 2. The molecule has 1 aliphatic rings. The van der Waals surface area contributed by atoms with Gasteiger partial charge >= 0.3 is 0 Å². The third kappa shape index (κ3) is 4.56. The maximum atomic E-state index is 13.0. The van der Waals surface area contributed by atoms with E-state index < -0.39 is 0 Å². The molecule has 1 atom stereocenters. The molecule has 0 spiro atoms. The van der Waals surface area contributed by atoms with E-state index in [9.17, 15) is 9.59 Å². The molecule has 160 valence electrons. The second kappa shape index (κ2) is 9.22. The Hall–Kier alpha value is -3.33. The quantitative estimate of drug-likeness (QED) is 0.576. The van der Waals surface area contributed by atoms with E-state index in [0.717, 1.165) is 36.0 Å². The summed E-state index contributed by atoms with van der Waals surface area (Å²) in [6, 6.07) is 13.3. The predicted molar refractivity (Wildman–Crippen MR) is 122 cm³/mol. The number of hydrogen-bond acceptors (Lipinski definition) is 6. The molecule has 3 heterocycles.